The number of halogens is 1. The van der Waals surface area contributed by atoms with Gasteiger partial charge in [0.1, 0.15) is 0 Å². The molecule has 0 fully saturated rings. The van der Waals surface area contributed by atoms with Crippen molar-refractivity contribution in [3.8, 4) is 0 Å². The molecule has 0 unspecified atom stereocenters. The lowest BCUT2D eigenvalue weighted by Crippen LogP contribution is -2.39. The van der Waals surface area contributed by atoms with E-state index in [-0.39, 0.29) is 24.8 Å². The van der Waals surface area contributed by atoms with Crippen LogP contribution in [0.15, 0.2) is 60.7 Å². The molecule has 0 aromatic heterocycles. The van der Waals surface area contributed by atoms with E-state index in [9.17, 15) is 9.59 Å². The number of hydrogen-bond donors (Lipinski definition) is 2. The Kier molecular flexibility index (Phi) is 5.58. The number of benzene rings is 2. The molecule has 0 aliphatic carbocycles. The third kappa shape index (κ3) is 4.24. The second-order valence-electron chi connectivity index (χ2n) is 6.07. The first-order valence-corrected chi connectivity index (χ1v) is 8.75. The van der Waals surface area contributed by atoms with E-state index in [2.05, 4.69) is 5.43 Å². The van der Waals surface area contributed by atoms with Gasteiger partial charge in [-0.25, -0.2) is 5.01 Å². The first kappa shape index (κ1) is 18.0. The molecule has 0 saturated carbocycles. The van der Waals surface area contributed by atoms with Crippen LogP contribution in [-0.4, -0.2) is 22.0 Å². The van der Waals surface area contributed by atoms with Gasteiger partial charge >= 0.3 is 5.97 Å². The van der Waals surface area contributed by atoms with Crippen molar-refractivity contribution in [1.29, 1.82) is 0 Å². The van der Waals surface area contributed by atoms with Crippen LogP contribution >= 0.6 is 11.6 Å². The van der Waals surface area contributed by atoms with Crippen molar-refractivity contribution < 1.29 is 14.7 Å². The zero-order chi connectivity index (χ0) is 18.5. The van der Waals surface area contributed by atoms with Crippen molar-refractivity contribution in [1.82, 2.24) is 10.4 Å². The zero-order valence-electron chi connectivity index (χ0n) is 14.1. The Morgan fingerprint density at radius 3 is 2.38 bits per heavy atom. The molecule has 0 spiro atoms. The largest absolute Gasteiger partial charge is 0.481 e. The fraction of sp³-hybridized carbons (Fsp3) is 0.200. The van der Waals surface area contributed by atoms with Gasteiger partial charge in [-0.3, -0.25) is 15.0 Å². The number of rotatable bonds is 6. The van der Waals surface area contributed by atoms with Crippen LogP contribution in [0.25, 0.3) is 5.70 Å². The summed E-state index contributed by atoms with van der Waals surface area (Å²) in [5.41, 5.74) is 5.93. The van der Waals surface area contributed by atoms with E-state index < -0.39 is 5.97 Å². The molecule has 1 amide bonds. The third-order valence-electron chi connectivity index (χ3n) is 4.19. The number of carbonyl (C=O) groups excluding carboxylic acids is 1. The van der Waals surface area contributed by atoms with Crippen molar-refractivity contribution in [3.63, 3.8) is 0 Å². The minimum Gasteiger partial charge on any atom is -0.481 e. The molecular weight excluding hydrogens is 352 g/mol. The fourth-order valence-corrected chi connectivity index (χ4v) is 3.01. The number of carbonyl (C=O) groups is 2. The Morgan fingerprint density at radius 1 is 1.04 bits per heavy atom. The highest BCUT2D eigenvalue weighted by Crippen LogP contribution is 2.32. The van der Waals surface area contributed by atoms with Crippen LogP contribution in [0, 0.1) is 0 Å². The number of hydrogen-bond acceptors (Lipinski definition) is 3. The summed E-state index contributed by atoms with van der Waals surface area (Å²) in [7, 11) is 0. The van der Waals surface area contributed by atoms with E-state index >= 15 is 0 Å². The van der Waals surface area contributed by atoms with Crippen LogP contribution in [0.4, 0.5) is 0 Å². The Hall–Kier alpha value is -2.79. The highest BCUT2D eigenvalue weighted by atomic mass is 35.5. The molecule has 26 heavy (non-hydrogen) atoms. The molecule has 3 rings (SSSR count). The SMILES string of the molecule is O=C(O)CCCC(=O)N1NC(c2ccccc2)=C[C@H]1c1ccc(Cl)cc1. The van der Waals surface area contributed by atoms with Gasteiger partial charge in [0.05, 0.1) is 11.7 Å². The van der Waals surface area contributed by atoms with Crippen LogP contribution < -0.4 is 5.43 Å². The molecule has 0 saturated heterocycles. The van der Waals surface area contributed by atoms with Gasteiger partial charge < -0.3 is 5.11 Å². The number of hydrazine groups is 1. The van der Waals surface area contributed by atoms with E-state index in [4.69, 9.17) is 16.7 Å². The molecular formula is C20H19ClN2O3. The second-order valence-corrected chi connectivity index (χ2v) is 6.50. The lowest BCUT2D eigenvalue weighted by atomic mass is 10.0. The maximum absolute atomic E-state index is 12.7. The molecule has 1 aliphatic rings. The van der Waals surface area contributed by atoms with Gasteiger partial charge in [0, 0.05) is 17.9 Å². The quantitative estimate of drug-likeness (QED) is 0.805. The van der Waals surface area contributed by atoms with Crippen LogP contribution in [-0.2, 0) is 9.59 Å². The number of nitrogens with one attached hydrogen (secondary N) is 1. The zero-order valence-corrected chi connectivity index (χ0v) is 14.8. The first-order chi connectivity index (χ1) is 12.5. The first-order valence-electron chi connectivity index (χ1n) is 8.38. The summed E-state index contributed by atoms with van der Waals surface area (Å²) in [5.74, 6) is -1.04. The molecule has 0 radical (unpaired) electrons. The summed E-state index contributed by atoms with van der Waals surface area (Å²) < 4.78 is 0. The number of amides is 1. The number of nitrogens with zero attached hydrogens (tertiary/aromatic N) is 1. The topological polar surface area (TPSA) is 69.6 Å². The molecule has 0 bridgehead atoms. The van der Waals surface area contributed by atoms with Crippen LogP contribution in [0.2, 0.25) is 5.02 Å². The lowest BCUT2D eigenvalue weighted by molar-refractivity contribution is -0.137. The minimum atomic E-state index is -0.899. The molecule has 5 nitrogen and oxygen atoms in total. The Bertz CT molecular complexity index is 819. The highest BCUT2D eigenvalue weighted by molar-refractivity contribution is 6.30. The minimum absolute atomic E-state index is 0.0236. The molecule has 134 valence electrons. The van der Waals surface area contributed by atoms with Crippen molar-refractivity contribution >= 4 is 29.2 Å². The Balaban J connectivity index is 1.83. The molecule has 2 aromatic rings. The van der Waals surface area contributed by atoms with Crippen LogP contribution in [0.5, 0.6) is 0 Å². The molecule has 1 heterocycles. The summed E-state index contributed by atoms with van der Waals surface area (Å²) in [5, 5.41) is 11.0. The fourth-order valence-electron chi connectivity index (χ4n) is 2.88. The van der Waals surface area contributed by atoms with Gasteiger partial charge in [0.15, 0.2) is 0 Å². The van der Waals surface area contributed by atoms with E-state index in [1.54, 1.807) is 17.1 Å². The maximum atomic E-state index is 12.7. The van der Waals surface area contributed by atoms with Crippen molar-refractivity contribution in [2.75, 3.05) is 0 Å². The van der Waals surface area contributed by atoms with E-state index in [1.165, 1.54) is 0 Å². The van der Waals surface area contributed by atoms with Crippen molar-refractivity contribution in [2.45, 2.75) is 25.3 Å². The van der Waals surface area contributed by atoms with E-state index in [1.807, 2.05) is 48.5 Å². The van der Waals surface area contributed by atoms with Gasteiger partial charge in [-0.2, -0.15) is 0 Å². The normalized spacial score (nSPS) is 16.1. The monoisotopic (exact) mass is 370 g/mol. The predicted octanol–water partition coefficient (Wildman–Crippen LogP) is 4.02. The van der Waals surface area contributed by atoms with E-state index in [0.717, 1.165) is 16.8 Å². The second kappa shape index (κ2) is 8.06. The van der Waals surface area contributed by atoms with Crippen molar-refractivity contribution in [3.05, 3.63) is 76.8 Å². The summed E-state index contributed by atoms with van der Waals surface area (Å²) in [4.78, 5) is 23.4. The number of aliphatic carboxylic acids is 1. The molecule has 2 N–H and O–H groups in total. The number of carboxylic acids is 1. The third-order valence-corrected chi connectivity index (χ3v) is 4.44. The van der Waals surface area contributed by atoms with Gasteiger partial charge in [0.25, 0.3) is 0 Å². The summed E-state index contributed by atoms with van der Waals surface area (Å²) in [6.45, 7) is 0. The van der Waals surface area contributed by atoms with Crippen LogP contribution in [0.3, 0.4) is 0 Å². The van der Waals surface area contributed by atoms with Crippen molar-refractivity contribution in [2.24, 2.45) is 0 Å². The lowest BCUT2D eigenvalue weighted by Gasteiger charge is -2.25. The standard InChI is InChI=1S/C20H19ClN2O3/c21-16-11-9-15(10-12-16)18-13-17(14-5-2-1-3-6-14)22-23(18)19(24)7-4-8-20(25)26/h1-3,5-6,9-13,18,22H,4,7-8H2,(H,25,26)/t18-/m0/s1. The molecule has 1 atom stereocenters. The summed E-state index contributed by atoms with van der Waals surface area (Å²) in [6.07, 6.45) is 2.44. The predicted molar refractivity (Wildman–Crippen MR) is 100 cm³/mol. The molecule has 6 heteroatoms. The maximum Gasteiger partial charge on any atom is 0.303 e. The molecule has 2 aromatic carbocycles. The summed E-state index contributed by atoms with van der Waals surface area (Å²) in [6, 6.07) is 16.8. The van der Waals surface area contributed by atoms with E-state index in [0.29, 0.717) is 11.4 Å². The average molecular weight is 371 g/mol. The average Bonchev–Trinajstić information content (AvgIpc) is 3.08. The van der Waals surface area contributed by atoms with Gasteiger partial charge in [-0.1, -0.05) is 54.1 Å². The van der Waals surface area contributed by atoms with Gasteiger partial charge in [-0.15, -0.1) is 0 Å². The van der Waals surface area contributed by atoms with Gasteiger partial charge in [-0.05, 0) is 35.8 Å². The smallest absolute Gasteiger partial charge is 0.303 e. The summed E-state index contributed by atoms with van der Waals surface area (Å²) >= 11 is 5.97. The number of carboxylic acid groups (broad SMARTS) is 1. The molecule has 1 aliphatic heterocycles. The van der Waals surface area contributed by atoms with Gasteiger partial charge in [0.2, 0.25) is 5.91 Å². The van der Waals surface area contributed by atoms with Crippen LogP contribution in [0.1, 0.15) is 36.4 Å². The highest BCUT2D eigenvalue weighted by Gasteiger charge is 2.30. The Labute approximate surface area is 156 Å². The Morgan fingerprint density at radius 2 is 1.73 bits per heavy atom.